The van der Waals surface area contributed by atoms with Crippen molar-refractivity contribution in [1.29, 1.82) is 0 Å². The van der Waals surface area contributed by atoms with Gasteiger partial charge >= 0.3 is 0 Å². The topological polar surface area (TPSA) is 15.3 Å². The van der Waals surface area contributed by atoms with Crippen molar-refractivity contribution in [1.82, 2.24) is 10.2 Å². The summed E-state index contributed by atoms with van der Waals surface area (Å²) >= 11 is 0. The Morgan fingerprint density at radius 2 is 1.96 bits per heavy atom. The molecule has 2 fully saturated rings. The van der Waals surface area contributed by atoms with Crippen LogP contribution in [0.5, 0.6) is 0 Å². The summed E-state index contributed by atoms with van der Waals surface area (Å²) in [5.41, 5.74) is 5.33. The first-order valence-electron chi connectivity index (χ1n) is 10.3. The minimum absolute atomic E-state index is 0.525. The van der Waals surface area contributed by atoms with Crippen LogP contribution in [0.1, 0.15) is 62.6 Å². The summed E-state index contributed by atoms with van der Waals surface area (Å²) < 4.78 is 0. The number of fused-ring (bicyclic) bond motifs is 1. The highest BCUT2D eigenvalue weighted by Crippen LogP contribution is 2.45. The van der Waals surface area contributed by atoms with Gasteiger partial charge in [-0.3, -0.25) is 4.90 Å². The van der Waals surface area contributed by atoms with Crippen molar-refractivity contribution < 1.29 is 0 Å². The molecule has 1 aliphatic carbocycles. The van der Waals surface area contributed by atoms with Gasteiger partial charge in [-0.1, -0.05) is 25.1 Å². The summed E-state index contributed by atoms with van der Waals surface area (Å²) in [6.45, 7) is 8.58. The fourth-order valence-electron chi connectivity index (χ4n) is 5.56. The van der Waals surface area contributed by atoms with E-state index in [-0.39, 0.29) is 0 Å². The van der Waals surface area contributed by atoms with E-state index < -0.39 is 0 Å². The molecule has 2 heteroatoms. The first kappa shape index (κ1) is 16.6. The fourth-order valence-corrected chi connectivity index (χ4v) is 5.56. The van der Waals surface area contributed by atoms with E-state index in [0.29, 0.717) is 17.5 Å². The maximum absolute atomic E-state index is 3.92. The Balaban J connectivity index is 1.52. The summed E-state index contributed by atoms with van der Waals surface area (Å²) in [5.74, 6) is 0. The Labute approximate surface area is 148 Å². The molecule has 3 unspecified atom stereocenters. The highest BCUT2D eigenvalue weighted by Gasteiger charge is 2.41. The Bertz CT molecular complexity index is 575. The first-order valence-corrected chi connectivity index (χ1v) is 10.3. The van der Waals surface area contributed by atoms with E-state index in [4.69, 9.17) is 0 Å². The molecule has 2 heterocycles. The van der Waals surface area contributed by atoms with Gasteiger partial charge < -0.3 is 5.32 Å². The van der Waals surface area contributed by atoms with Gasteiger partial charge in [-0.25, -0.2) is 0 Å². The van der Waals surface area contributed by atoms with Crippen LogP contribution >= 0.6 is 0 Å². The van der Waals surface area contributed by atoms with Crippen LogP contribution in [-0.4, -0.2) is 36.6 Å². The molecule has 3 aliphatic rings. The molecule has 3 atom stereocenters. The average molecular weight is 327 g/mol. The van der Waals surface area contributed by atoms with Gasteiger partial charge in [0.2, 0.25) is 0 Å². The number of hydrogen-bond acceptors (Lipinski definition) is 2. The van der Waals surface area contributed by atoms with Crippen LogP contribution in [0.3, 0.4) is 0 Å². The predicted octanol–water partition coefficient (Wildman–Crippen LogP) is 3.96. The fraction of sp³-hybridized carbons (Fsp3) is 0.727. The SMILES string of the molecule is CCc1ccc2c(c1)CC1(CCCNC(C(C)N3CCCC3)C1)C2. The lowest BCUT2D eigenvalue weighted by Crippen LogP contribution is -2.48. The van der Waals surface area contributed by atoms with Gasteiger partial charge in [0, 0.05) is 12.1 Å². The van der Waals surface area contributed by atoms with Gasteiger partial charge in [-0.2, -0.15) is 0 Å². The number of aryl methyl sites for hydroxylation is 1. The third-order valence-electron chi connectivity index (χ3n) is 7.05. The zero-order valence-corrected chi connectivity index (χ0v) is 15.6. The number of hydrogen-bond donors (Lipinski definition) is 1. The third-order valence-corrected chi connectivity index (χ3v) is 7.05. The van der Waals surface area contributed by atoms with Gasteiger partial charge in [-0.05, 0) is 100 Å². The molecule has 0 bridgehead atoms. The molecule has 2 nitrogen and oxygen atoms in total. The maximum Gasteiger partial charge on any atom is 0.0226 e. The van der Waals surface area contributed by atoms with Crippen molar-refractivity contribution in [3.05, 3.63) is 34.9 Å². The molecule has 132 valence electrons. The molecule has 1 spiro atoms. The van der Waals surface area contributed by atoms with Crippen LogP contribution in [0, 0.1) is 5.41 Å². The molecular formula is C22H34N2. The highest BCUT2D eigenvalue weighted by atomic mass is 15.2. The molecule has 2 saturated heterocycles. The maximum atomic E-state index is 3.92. The molecule has 0 radical (unpaired) electrons. The second-order valence-electron chi connectivity index (χ2n) is 8.66. The van der Waals surface area contributed by atoms with Crippen LogP contribution < -0.4 is 5.32 Å². The van der Waals surface area contributed by atoms with Crippen LogP contribution in [-0.2, 0) is 19.3 Å². The van der Waals surface area contributed by atoms with Crippen molar-refractivity contribution in [3.8, 4) is 0 Å². The van der Waals surface area contributed by atoms with E-state index >= 15 is 0 Å². The van der Waals surface area contributed by atoms with Gasteiger partial charge in [0.05, 0.1) is 0 Å². The largest absolute Gasteiger partial charge is 0.312 e. The Morgan fingerprint density at radius 1 is 1.17 bits per heavy atom. The van der Waals surface area contributed by atoms with Crippen LogP contribution in [0.15, 0.2) is 18.2 Å². The summed E-state index contributed by atoms with van der Waals surface area (Å²) in [7, 11) is 0. The van der Waals surface area contributed by atoms with Crippen LogP contribution in [0.2, 0.25) is 0 Å². The molecule has 0 saturated carbocycles. The Kier molecular flexibility index (Phi) is 4.70. The van der Waals surface area contributed by atoms with E-state index in [0.717, 1.165) is 6.42 Å². The van der Waals surface area contributed by atoms with E-state index in [1.54, 1.807) is 11.1 Å². The molecule has 0 amide bonds. The zero-order chi connectivity index (χ0) is 16.6. The lowest BCUT2D eigenvalue weighted by atomic mass is 9.75. The summed E-state index contributed by atoms with van der Waals surface area (Å²) in [6, 6.07) is 8.65. The molecule has 1 aromatic carbocycles. The summed E-state index contributed by atoms with van der Waals surface area (Å²) in [5, 5.41) is 3.92. The molecule has 1 N–H and O–H groups in total. The van der Waals surface area contributed by atoms with Crippen molar-refractivity contribution in [2.24, 2.45) is 5.41 Å². The summed E-state index contributed by atoms with van der Waals surface area (Å²) in [4.78, 5) is 2.73. The predicted molar refractivity (Wildman–Crippen MR) is 102 cm³/mol. The van der Waals surface area contributed by atoms with Gasteiger partial charge in [0.15, 0.2) is 0 Å². The minimum atomic E-state index is 0.525. The molecule has 4 rings (SSSR count). The lowest BCUT2D eigenvalue weighted by molar-refractivity contribution is 0.161. The van der Waals surface area contributed by atoms with E-state index in [2.05, 4.69) is 42.3 Å². The second-order valence-corrected chi connectivity index (χ2v) is 8.66. The second kappa shape index (κ2) is 6.80. The van der Waals surface area contributed by atoms with Crippen LogP contribution in [0.25, 0.3) is 0 Å². The molecule has 2 aliphatic heterocycles. The molecule has 24 heavy (non-hydrogen) atoms. The van der Waals surface area contributed by atoms with Crippen molar-refractivity contribution in [2.75, 3.05) is 19.6 Å². The van der Waals surface area contributed by atoms with E-state index in [1.165, 1.54) is 70.1 Å². The normalized spacial score (nSPS) is 32.0. The highest BCUT2D eigenvalue weighted by molar-refractivity contribution is 5.38. The van der Waals surface area contributed by atoms with Crippen molar-refractivity contribution in [2.45, 2.75) is 77.3 Å². The summed E-state index contributed by atoms with van der Waals surface area (Å²) in [6.07, 6.45) is 10.7. The molecular weight excluding hydrogens is 292 g/mol. The standard InChI is InChI=1S/C22H34N2/c1-3-18-7-8-19-14-22(15-20(19)13-18)9-6-10-23-21(16-22)17(2)24-11-4-5-12-24/h7-8,13,17,21,23H,3-6,9-12,14-16H2,1-2H3. The average Bonchev–Trinajstić information content (AvgIpc) is 3.19. The number of benzene rings is 1. The number of nitrogens with one attached hydrogen (secondary N) is 1. The first-order chi connectivity index (χ1) is 11.7. The monoisotopic (exact) mass is 326 g/mol. The third kappa shape index (κ3) is 3.15. The number of likely N-dealkylation sites (tertiary alicyclic amines) is 1. The van der Waals surface area contributed by atoms with Gasteiger partial charge in [0.1, 0.15) is 0 Å². The lowest BCUT2D eigenvalue weighted by Gasteiger charge is -2.37. The minimum Gasteiger partial charge on any atom is -0.312 e. The number of nitrogens with zero attached hydrogens (tertiary/aromatic N) is 1. The van der Waals surface area contributed by atoms with Crippen molar-refractivity contribution in [3.63, 3.8) is 0 Å². The van der Waals surface area contributed by atoms with E-state index in [9.17, 15) is 0 Å². The Morgan fingerprint density at radius 3 is 2.75 bits per heavy atom. The Hall–Kier alpha value is -0.860. The van der Waals surface area contributed by atoms with Gasteiger partial charge in [-0.15, -0.1) is 0 Å². The van der Waals surface area contributed by atoms with Crippen LogP contribution in [0.4, 0.5) is 0 Å². The smallest absolute Gasteiger partial charge is 0.0226 e. The zero-order valence-electron chi connectivity index (χ0n) is 15.6. The van der Waals surface area contributed by atoms with Gasteiger partial charge in [0.25, 0.3) is 0 Å². The number of rotatable bonds is 3. The van der Waals surface area contributed by atoms with E-state index in [1.807, 2.05) is 0 Å². The quantitative estimate of drug-likeness (QED) is 0.904. The molecule has 0 aromatic heterocycles. The molecule has 1 aromatic rings. The van der Waals surface area contributed by atoms with Crippen molar-refractivity contribution >= 4 is 0 Å².